The van der Waals surface area contributed by atoms with Crippen LogP contribution in [0.1, 0.15) is 5.56 Å². The molecule has 0 unspecified atom stereocenters. The number of aromatic amines is 1. The van der Waals surface area contributed by atoms with Crippen molar-refractivity contribution < 1.29 is 0 Å². The third-order valence-electron chi connectivity index (χ3n) is 2.86. The zero-order chi connectivity index (χ0) is 13.9. The largest absolute Gasteiger partial charge is 0.340 e. The second-order valence-electron chi connectivity index (χ2n) is 4.22. The molecule has 1 aromatic carbocycles. The van der Waals surface area contributed by atoms with Crippen LogP contribution in [-0.2, 0) is 5.75 Å². The number of H-pyrrole nitrogens is 1. The van der Waals surface area contributed by atoms with Gasteiger partial charge in [0.2, 0.25) is 0 Å². The normalized spacial score (nSPS) is 10.9. The summed E-state index contributed by atoms with van der Waals surface area (Å²) in [4.78, 5) is 8.36. The number of nitrogens with zero attached hydrogens (tertiary/aromatic N) is 3. The maximum atomic E-state index is 6.17. The summed E-state index contributed by atoms with van der Waals surface area (Å²) in [6.07, 6.45) is 5.26. The van der Waals surface area contributed by atoms with Crippen LogP contribution in [0.3, 0.4) is 0 Å². The molecule has 5 nitrogen and oxygen atoms in total. The van der Waals surface area contributed by atoms with E-state index in [0.29, 0.717) is 5.65 Å². The molecular weight excluding hydrogens is 294 g/mol. The first-order valence-electron chi connectivity index (χ1n) is 5.96. The predicted octanol–water partition coefficient (Wildman–Crippen LogP) is 3.61. The standard InChI is InChI=1S/C13H12ClN5S/c1-20-6-8-4-9(2-3-11(8)14)18-12-10-5-17-19-13(10)16-7-15-12/h2-5,7H,6H2,1H3,(H2,15,16,17,18,19). The van der Waals surface area contributed by atoms with Crippen LogP contribution in [0.5, 0.6) is 0 Å². The van der Waals surface area contributed by atoms with Crippen molar-refractivity contribution in [2.24, 2.45) is 0 Å². The Kier molecular flexibility index (Phi) is 3.75. The number of rotatable bonds is 4. The van der Waals surface area contributed by atoms with Crippen LogP contribution in [0, 0.1) is 0 Å². The van der Waals surface area contributed by atoms with Crippen LogP contribution < -0.4 is 5.32 Å². The van der Waals surface area contributed by atoms with Crippen LogP contribution in [0.4, 0.5) is 11.5 Å². The topological polar surface area (TPSA) is 66.5 Å². The number of benzene rings is 1. The van der Waals surface area contributed by atoms with Gasteiger partial charge >= 0.3 is 0 Å². The fraction of sp³-hybridized carbons (Fsp3) is 0.154. The zero-order valence-electron chi connectivity index (χ0n) is 10.7. The molecule has 20 heavy (non-hydrogen) atoms. The molecule has 0 saturated carbocycles. The zero-order valence-corrected chi connectivity index (χ0v) is 12.3. The molecule has 2 aromatic heterocycles. The number of hydrogen-bond donors (Lipinski definition) is 2. The number of halogens is 1. The van der Waals surface area contributed by atoms with Crippen molar-refractivity contribution in [3.05, 3.63) is 41.3 Å². The summed E-state index contributed by atoms with van der Waals surface area (Å²) in [5.41, 5.74) is 2.75. The Balaban J connectivity index is 1.94. The van der Waals surface area contributed by atoms with Crippen LogP contribution in [-0.4, -0.2) is 26.4 Å². The Hall–Kier alpha value is -1.79. The van der Waals surface area contributed by atoms with E-state index in [-0.39, 0.29) is 0 Å². The molecule has 0 aliphatic rings. The van der Waals surface area contributed by atoms with Crippen molar-refractivity contribution in [2.75, 3.05) is 11.6 Å². The minimum absolute atomic E-state index is 0.709. The second-order valence-corrected chi connectivity index (χ2v) is 5.49. The molecule has 102 valence electrons. The van der Waals surface area contributed by atoms with Gasteiger partial charge in [0.1, 0.15) is 12.1 Å². The first-order chi connectivity index (χ1) is 9.78. The van der Waals surface area contributed by atoms with Crippen LogP contribution in [0.25, 0.3) is 11.0 Å². The van der Waals surface area contributed by atoms with E-state index >= 15 is 0 Å². The summed E-state index contributed by atoms with van der Waals surface area (Å²) in [5, 5.41) is 11.7. The number of anilines is 2. The van der Waals surface area contributed by atoms with Crippen molar-refractivity contribution in [3.8, 4) is 0 Å². The fourth-order valence-electron chi connectivity index (χ4n) is 1.92. The van der Waals surface area contributed by atoms with E-state index < -0.39 is 0 Å². The van der Waals surface area contributed by atoms with Gasteiger partial charge in [0.25, 0.3) is 0 Å². The van der Waals surface area contributed by atoms with Gasteiger partial charge in [-0.05, 0) is 30.0 Å². The van der Waals surface area contributed by atoms with Crippen LogP contribution >= 0.6 is 23.4 Å². The second kappa shape index (κ2) is 5.68. The summed E-state index contributed by atoms with van der Waals surface area (Å²) in [5.74, 6) is 1.60. The van der Waals surface area contributed by atoms with Gasteiger partial charge in [-0.1, -0.05) is 11.6 Å². The molecule has 3 rings (SSSR count). The van der Waals surface area contributed by atoms with Gasteiger partial charge in [-0.15, -0.1) is 0 Å². The van der Waals surface area contributed by atoms with Crippen molar-refractivity contribution in [1.29, 1.82) is 0 Å². The quantitative estimate of drug-likeness (QED) is 0.770. The molecule has 0 atom stereocenters. The maximum absolute atomic E-state index is 6.17. The highest BCUT2D eigenvalue weighted by Crippen LogP contribution is 2.27. The van der Waals surface area contributed by atoms with E-state index in [0.717, 1.165) is 33.2 Å². The lowest BCUT2D eigenvalue weighted by atomic mass is 10.2. The molecular formula is C13H12ClN5S. The Bertz CT molecular complexity index is 742. The molecule has 0 saturated heterocycles. The Labute approximate surface area is 125 Å². The van der Waals surface area contributed by atoms with Gasteiger partial charge < -0.3 is 5.32 Å². The average molecular weight is 306 g/mol. The van der Waals surface area contributed by atoms with E-state index in [1.807, 2.05) is 18.2 Å². The molecule has 2 N–H and O–H groups in total. The third kappa shape index (κ3) is 2.57. The SMILES string of the molecule is CSCc1cc(Nc2ncnc3[nH]ncc23)ccc1Cl. The molecule has 0 bridgehead atoms. The molecule has 0 amide bonds. The van der Waals surface area contributed by atoms with Gasteiger partial charge in [-0.3, -0.25) is 5.10 Å². The summed E-state index contributed by atoms with van der Waals surface area (Å²) in [6, 6.07) is 5.86. The predicted molar refractivity (Wildman–Crippen MR) is 83.6 cm³/mol. The fourth-order valence-corrected chi connectivity index (χ4v) is 2.73. The summed E-state index contributed by atoms with van der Waals surface area (Å²) in [7, 11) is 0. The maximum Gasteiger partial charge on any atom is 0.160 e. The number of thioether (sulfide) groups is 1. The van der Waals surface area contributed by atoms with Crippen LogP contribution in [0.15, 0.2) is 30.7 Å². The smallest absolute Gasteiger partial charge is 0.160 e. The molecule has 0 spiro atoms. The van der Waals surface area contributed by atoms with Crippen molar-refractivity contribution in [3.63, 3.8) is 0 Å². The minimum atomic E-state index is 0.709. The van der Waals surface area contributed by atoms with Gasteiger partial charge in [0, 0.05) is 16.5 Å². The first-order valence-corrected chi connectivity index (χ1v) is 7.73. The lowest BCUT2D eigenvalue weighted by molar-refractivity contribution is 1.09. The van der Waals surface area contributed by atoms with Crippen molar-refractivity contribution in [1.82, 2.24) is 20.2 Å². The van der Waals surface area contributed by atoms with Gasteiger partial charge in [-0.2, -0.15) is 16.9 Å². The lowest BCUT2D eigenvalue weighted by Gasteiger charge is -2.09. The molecule has 0 aliphatic carbocycles. The van der Waals surface area contributed by atoms with Crippen molar-refractivity contribution in [2.45, 2.75) is 5.75 Å². The molecule has 2 heterocycles. The number of hydrogen-bond acceptors (Lipinski definition) is 5. The first kappa shape index (κ1) is 13.2. The highest BCUT2D eigenvalue weighted by atomic mass is 35.5. The Morgan fingerprint density at radius 2 is 2.25 bits per heavy atom. The summed E-state index contributed by atoms with van der Waals surface area (Å²) < 4.78 is 0. The molecule has 0 radical (unpaired) electrons. The van der Waals surface area contributed by atoms with Gasteiger partial charge in [0.15, 0.2) is 5.65 Å². The molecule has 0 aliphatic heterocycles. The Morgan fingerprint density at radius 3 is 3.10 bits per heavy atom. The minimum Gasteiger partial charge on any atom is -0.340 e. The molecule has 3 aromatic rings. The third-order valence-corrected chi connectivity index (χ3v) is 3.82. The van der Waals surface area contributed by atoms with E-state index in [4.69, 9.17) is 11.6 Å². The van der Waals surface area contributed by atoms with E-state index in [1.165, 1.54) is 6.33 Å². The van der Waals surface area contributed by atoms with Gasteiger partial charge in [-0.25, -0.2) is 9.97 Å². The average Bonchev–Trinajstić information content (AvgIpc) is 2.92. The Morgan fingerprint density at radius 1 is 1.35 bits per heavy atom. The van der Waals surface area contributed by atoms with E-state index in [9.17, 15) is 0 Å². The summed E-state index contributed by atoms with van der Waals surface area (Å²) in [6.45, 7) is 0. The highest BCUT2D eigenvalue weighted by molar-refractivity contribution is 7.97. The molecule has 0 fully saturated rings. The monoisotopic (exact) mass is 305 g/mol. The lowest BCUT2D eigenvalue weighted by Crippen LogP contribution is -1.96. The highest BCUT2D eigenvalue weighted by Gasteiger charge is 2.07. The van der Waals surface area contributed by atoms with E-state index in [2.05, 4.69) is 31.7 Å². The number of nitrogens with one attached hydrogen (secondary N) is 2. The summed E-state index contributed by atoms with van der Waals surface area (Å²) >= 11 is 7.91. The van der Waals surface area contributed by atoms with Crippen molar-refractivity contribution >= 4 is 45.9 Å². The van der Waals surface area contributed by atoms with Crippen LogP contribution in [0.2, 0.25) is 5.02 Å². The van der Waals surface area contributed by atoms with Gasteiger partial charge in [0.05, 0.1) is 11.6 Å². The number of fused-ring (bicyclic) bond motifs is 1. The van der Waals surface area contributed by atoms with E-state index in [1.54, 1.807) is 18.0 Å². The molecule has 7 heteroatoms. The number of aromatic nitrogens is 4.